The topological polar surface area (TPSA) is 148 Å². The number of carbonyl (C=O) groups is 2. The molecule has 0 unspecified atom stereocenters. The molecule has 0 spiro atoms. The highest BCUT2D eigenvalue weighted by atomic mass is 31.2. The van der Waals surface area contributed by atoms with Crippen molar-refractivity contribution in [2.24, 2.45) is 17.2 Å². The van der Waals surface area contributed by atoms with Crippen molar-refractivity contribution in [2.75, 3.05) is 19.4 Å². The van der Waals surface area contributed by atoms with Crippen molar-refractivity contribution in [2.45, 2.75) is 0 Å². The molecule has 0 rings (SSSR count). The van der Waals surface area contributed by atoms with Crippen LogP contribution < -0.4 is 17.2 Å². The van der Waals surface area contributed by atoms with E-state index >= 15 is 0 Å². The molecule has 0 fully saturated rings. The first-order chi connectivity index (χ1) is 6.47. The summed E-state index contributed by atoms with van der Waals surface area (Å²) in [6.07, 6.45) is -0.607. The third-order valence-corrected chi connectivity index (χ3v) is 2.45. The Balaban J connectivity index is 4.40. The lowest BCUT2D eigenvalue weighted by molar-refractivity contribution is -0.137. The van der Waals surface area contributed by atoms with E-state index in [1.807, 2.05) is 0 Å². The molecule has 0 aromatic rings. The molecule has 0 aliphatic rings. The molecule has 82 valence electrons. The van der Waals surface area contributed by atoms with E-state index < -0.39 is 38.9 Å². The minimum absolute atomic E-state index is 0.482. The van der Waals surface area contributed by atoms with Gasteiger partial charge in [-0.3, -0.25) is 9.59 Å². The Labute approximate surface area is 80.2 Å². The quantitative estimate of drug-likeness (QED) is 0.459. The van der Waals surface area contributed by atoms with Gasteiger partial charge in [-0.2, -0.15) is 0 Å². The van der Waals surface area contributed by atoms with Crippen molar-refractivity contribution in [3.05, 3.63) is 0 Å². The molecule has 0 saturated heterocycles. The first kappa shape index (κ1) is 13.1. The largest absolute Gasteiger partial charge is 0.448 e. The van der Waals surface area contributed by atoms with Crippen LogP contribution in [0.1, 0.15) is 0 Å². The predicted molar refractivity (Wildman–Crippen MR) is 47.0 cm³/mol. The average Bonchev–Trinajstić information content (AvgIpc) is 2.17. The van der Waals surface area contributed by atoms with Crippen LogP contribution in [-0.2, 0) is 23.2 Å². The van der Waals surface area contributed by atoms with E-state index in [0.717, 1.165) is 0 Å². The molecule has 0 bridgehead atoms. The fourth-order valence-electron chi connectivity index (χ4n) is 0.478. The molecule has 0 amide bonds. The second-order valence-electron chi connectivity index (χ2n) is 2.13. The van der Waals surface area contributed by atoms with E-state index in [2.05, 4.69) is 9.05 Å². The van der Waals surface area contributed by atoms with Gasteiger partial charge >= 0.3 is 19.5 Å². The fraction of sp³-hybridized carbons (Fsp3) is 0.600. The molecule has 0 aromatic carbocycles. The normalized spacial score (nSPS) is 10.8. The lowest BCUT2D eigenvalue weighted by Crippen LogP contribution is -2.22. The van der Waals surface area contributed by atoms with Gasteiger partial charge in [0, 0.05) is 0 Å². The highest BCUT2D eigenvalue weighted by molar-refractivity contribution is 7.54. The SMILES string of the molecule is NCC(=O)OP(=O)(CN)OC(=O)CN. The summed E-state index contributed by atoms with van der Waals surface area (Å²) in [6.45, 7) is -0.964. The third-order valence-electron chi connectivity index (χ3n) is 1.04. The zero-order chi connectivity index (χ0) is 11.2. The number of rotatable bonds is 5. The van der Waals surface area contributed by atoms with E-state index in [0.29, 0.717) is 0 Å². The van der Waals surface area contributed by atoms with Crippen LogP contribution in [0.2, 0.25) is 0 Å². The molecule has 0 heterocycles. The van der Waals surface area contributed by atoms with Gasteiger partial charge in [-0.15, -0.1) is 0 Å². The zero-order valence-electron chi connectivity index (χ0n) is 7.34. The lowest BCUT2D eigenvalue weighted by atomic mass is 10.7. The van der Waals surface area contributed by atoms with Crippen molar-refractivity contribution >= 4 is 19.5 Å². The maximum atomic E-state index is 11.4. The molecular formula is C5H12N3O5P. The Morgan fingerprint density at radius 1 is 1.00 bits per heavy atom. The second-order valence-corrected chi connectivity index (χ2v) is 4.08. The van der Waals surface area contributed by atoms with Gasteiger partial charge in [-0.25, -0.2) is 4.57 Å². The summed E-state index contributed by atoms with van der Waals surface area (Å²) in [5, 5.41) is 0. The van der Waals surface area contributed by atoms with Crippen LogP contribution in [0, 0.1) is 0 Å². The standard InChI is InChI=1S/C5H12N3O5P/c6-1-4(9)12-14(11,3-8)13-5(10)2-7/h1-3,6-8H2. The van der Waals surface area contributed by atoms with E-state index in [1.165, 1.54) is 0 Å². The van der Waals surface area contributed by atoms with Gasteiger partial charge in [0.15, 0.2) is 0 Å². The van der Waals surface area contributed by atoms with Gasteiger partial charge in [-0.1, -0.05) is 0 Å². The Bertz CT molecular complexity index is 246. The average molecular weight is 225 g/mol. The summed E-state index contributed by atoms with van der Waals surface area (Å²) in [5.74, 6) is -1.94. The maximum Gasteiger partial charge on any atom is 0.448 e. The third kappa shape index (κ3) is 4.33. The van der Waals surface area contributed by atoms with Crippen molar-refractivity contribution in [3.63, 3.8) is 0 Å². The maximum absolute atomic E-state index is 11.4. The highest BCUT2D eigenvalue weighted by Crippen LogP contribution is 2.46. The molecular weight excluding hydrogens is 213 g/mol. The van der Waals surface area contributed by atoms with Gasteiger partial charge in [0.25, 0.3) is 0 Å². The monoisotopic (exact) mass is 225 g/mol. The van der Waals surface area contributed by atoms with Gasteiger partial charge in [0.1, 0.15) is 6.29 Å². The molecule has 6 N–H and O–H groups in total. The van der Waals surface area contributed by atoms with Crippen LogP contribution in [0.3, 0.4) is 0 Å². The second kappa shape index (κ2) is 5.71. The van der Waals surface area contributed by atoms with Crippen LogP contribution >= 0.6 is 7.60 Å². The Morgan fingerprint density at radius 3 is 1.57 bits per heavy atom. The number of hydrogen-bond acceptors (Lipinski definition) is 8. The predicted octanol–water partition coefficient (Wildman–Crippen LogP) is -1.90. The summed E-state index contributed by atoms with van der Waals surface area (Å²) < 4.78 is 20.0. The van der Waals surface area contributed by atoms with Crippen LogP contribution in [0.25, 0.3) is 0 Å². The molecule has 8 nitrogen and oxygen atoms in total. The Morgan fingerprint density at radius 2 is 1.36 bits per heavy atom. The zero-order valence-corrected chi connectivity index (χ0v) is 8.24. The van der Waals surface area contributed by atoms with E-state index in [9.17, 15) is 14.2 Å². The van der Waals surface area contributed by atoms with E-state index in [1.54, 1.807) is 0 Å². The smallest absolute Gasteiger partial charge is 0.381 e. The van der Waals surface area contributed by atoms with Crippen LogP contribution in [-0.4, -0.2) is 31.3 Å². The first-order valence-electron chi connectivity index (χ1n) is 3.61. The van der Waals surface area contributed by atoms with E-state index in [-0.39, 0.29) is 0 Å². The molecule has 14 heavy (non-hydrogen) atoms. The van der Waals surface area contributed by atoms with Crippen LogP contribution in [0.5, 0.6) is 0 Å². The molecule has 0 saturated carbocycles. The van der Waals surface area contributed by atoms with Crippen LogP contribution in [0.15, 0.2) is 0 Å². The fourth-order valence-corrected chi connectivity index (χ4v) is 1.43. The number of carbonyl (C=O) groups excluding carboxylic acids is 2. The minimum atomic E-state index is -3.93. The number of nitrogens with two attached hydrogens (primary N) is 3. The van der Waals surface area contributed by atoms with Gasteiger partial charge in [0.05, 0.1) is 13.1 Å². The lowest BCUT2D eigenvalue weighted by Gasteiger charge is -2.14. The summed E-state index contributed by atoms with van der Waals surface area (Å²) >= 11 is 0. The first-order valence-corrected chi connectivity index (χ1v) is 5.34. The van der Waals surface area contributed by atoms with E-state index in [4.69, 9.17) is 17.2 Å². The molecule has 0 aromatic heterocycles. The van der Waals surface area contributed by atoms with Gasteiger partial charge in [-0.05, 0) is 0 Å². The molecule has 0 atom stereocenters. The van der Waals surface area contributed by atoms with Crippen molar-refractivity contribution < 1.29 is 23.2 Å². The van der Waals surface area contributed by atoms with Crippen molar-refractivity contribution in [1.82, 2.24) is 0 Å². The molecule has 0 radical (unpaired) electrons. The molecule has 0 aliphatic heterocycles. The summed E-state index contributed by atoms with van der Waals surface area (Å²) in [6, 6.07) is 0. The van der Waals surface area contributed by atoms with Crippen molar-refractivity contribution in [3.8, 4) is 0 Å². The number of hydrogen-bond donors (Lipinski definition) is 3. The summed E-state index contributed by atoms with van der Waals surface area (Å²) in [4.78, 5) is 21.3. The molecule has 0 aliphatic carbocycles. The van der Waals surface area contributed by atoms with Gasteiger partial charge < -0.3 is 26.2 Å². The summed E-state index contributed by atoms with van der Waals surface area (Å²) in [7, 11) is -3.93. The Kier molecular flexibility index (Phi) is 5.32. The minimum Gasteiger partial charge on any atom is -0.381 e. The van der Waals surface area contributed by atoms with Crippen LogP contribution in [0.4, 0.5) is 0 Å². The molecule has 9 heteroatoms. The Hall–Kier alpha value is -0.950. The summed E-state index contributed by atoms with van der Waals surface area (Å²) in [5.41, 5.74) is 14.8. The van der Waals surface area contributed by atoms with Crippen molar-refractivity contribution in [1.29, 1.82) is 0 Å². The van der Waals surface area contributed by atoms with Gasteiger partial charge in [0.2, 0.25) is 0 Å². The highest BCUT2D eigenvalue weighted by Gasteiger charge is 2.30.